The molecule has 3 N–H and O–H groups in total. The molecule has 1 heterocycles. The lowest BCUT2D eigenvalue weighted by Gasteiger charge is -2.37. The molecule has 32 heavy (non-hydrogen) atoms. The maximum absolute atomic E-state index is 14.5. The number of aliphatic carboxylic acids is 1. The van der Waals surface area contributed by atoms with E-state index in [9.17, 15) is 18.4 Å². The van der Waals surface area contributed by atoms with E-state index in [0.717, 1.165) is 30.0 Å². The quantitative estimate of drug-likeness (QED) is 0.591. The normalized spacial score (nSPS) is 19.0. The third-order valence-electron chi connectivity index (χ3n) is 4.92. The molecule has 170 valence electrons. The summed E-state index contributed by atoms with van der Waals surface area (Å²) in [6.07, 6.45) is -0.239. The van der Waals surface area contributed by atoms with Crippen LogP contribution in [0.1, 0.15) is 30.9 Å². The predicted octanol–water partition coefficient (Wildman–Crippen LogP) is 3.28. The van der Waals surface area contributed by atoms with E-state index in [1.807, 2.05) is 18.2 Å². The van der Waals surface area contributed by atoms with Crippen molar-refractivity contribution in [2.75, 3.05) is 13.2 Å². The Labute approximate surface area is 188 Å². The molecule has 10 heteroatoms. The van der Waals surface area contributed by atoms with Crippen LogP contribution in [0.3, 0.4) is 0 Å². The van der Waals surface area contributed by atoms with Gasteiger partial charge in [0.25, 0.3) is 5.91 Å². The van der Waals surface area contributed by atoms with Crippen LogP contribution in [0.25, 0.3) is 0 Å². The minimum atomic E-state index is -1.22. The molecule has 0 fully saturated rings. The van der Waals surface area contributed by atoms with E-state index in [4.69, 9.17) is 15.6 Å². The molecule has 0 bridgehead atoms. The number of rotatable bonds is 9. The number of hydrogen-bond acceptors (Lipinski definition) is 6. The lowest BCUT2D eigenvalue weighted by atomic mass is 10.00. The van der Waals surface area contributed by atoms with Crippen LogP contribution in [0.5, 0.6) is 0 Å². The highest BCUT2D eigenvalue weighted by molar-refractivity contribution is 8.15. The monoisotopic (exact) mass is 463 g/mol. The van der Waals surface area contributed by atoms with Gasteiger partial charge in [-0.3, -0.25) is 4.79 Å². The number of halogens is 2. The minimum Gasteiger partial charge on any atom is -0.480 e. The first-order valence-corrected chi connectivity index (χ1v) is 10.8. The van der Waals surface area contributed by atoms with E-state index >= 15 is 0 Å². The van der Waals surface area contributed by atoms with Gasteiger partial charge in [0.2, 0.25) is 0 Å². The highest BCUT2D eigenvalue weighted by Crippen LogP contribution is 2.50. The van der Waals surface area contributed by atoms with E-state index in [0.29, 0.717) is 24.9 Å². The maximum atomic E-state index is 14.5. The van der Waals surface area contributed by atoms with Crippen LogP contribution in [0.4, 0.5) is 8.78 Å². The Hall–Kier alpha value is -2.82. The summed E-state index contributed by atoms with van der Waals surface area (Å²) in [5.74, 6) is -3.14. The van der Waals surface area contributed by atoms with Crippen LogP contribution in [-0.4, -0.2) is 46.3 Å². The van der Waals surface area contributed by atoms with Crippen LogP contribution in [0.2, 0.25) is 0 Å². The summed E-state index contributed by atoms with van der Waals surface area (Å²) in [7, 11) is 0. The summed E-state index contributed by atoms with van der Waals surface area (Å²) >= 11 is 1.13. The van der Waals surface area contributed by atoms with Crippen molar-refractivity contribution in [3.05, 3.63) is 71.3 Å². The summed E-state index contributed by atoms with van der Waals surface area (Å²) in [5.41, 5.74) is 6.39. The topological polar surface area (TPSA) is 105 Å². The predicted molar refractivity (Wildman–Crippen MR) is 117 cm³/mol. The number of carboxylic acid groups (broad SMARTS) is 1. The van der Waals surface area contributed by atoms with Crippen molar-refractivity contribution >= 4 is 28.7 Å². The SMILES string of the molecule is C[C@H](OCC(=O)O)C(=O)N1N=C(c2cc(F)ccc2F)S[C@@]1(CCCN)c1ccccc1. The van der Waals surface area contributed by atoms with Crippen LogP contribution in [-0.2, 0) is 19.2 Å². The van der Waals surface area contributed by atoms with Gasteiger partial charge in [-0.1, -0.05) is 42.1 Å². The molecule has 7 nitrogen and oxygen atoms in total. The fraction of sp³-hybridized carbons (Fsp3) is 0.318. The molecule has 1 aliphatic rings. The zero-order valence-electron chi connectivity index (χ0n) is 17.3. The molecule has 3 rings (SSSR count). The Morgan fingerprint density at radius 3 is 2.62 bits per heavy atom. The number of carbonyl (C=O) groups excluding carboxylic acids is 1. The molecule has 0 saturated carbocycles. The van der Waals surface area contributed by atoms with Crippen molar-refractivity contribution in [2.24, 2.45) is 10.8 Å². The zero-order valence-corrected chi connectivity index (χ0v) is 18.1. The van der Waals surface area contributed by atoms with Crippen molar-refractivity contribution in [2.45, 2.75) is 30.7 Å². The Morgan fingerprint density at radius 1 is 1.25 bits per heavy atom. The van der Waals surface area contributed by atoms with E-state index < -0.39 is 41.1 Å². The fourth-order valence-electron chi connectivity index (χ4n) is 3.36. The number of thioether (sulfide) groups is 1. The molecule has 0 unspecified atom stereocenters. The lowest BCUT2D eigenvalue weighted by Crippen LogP contribution is -2.46. The van der Waals surface area contributed by atoms with E-state index in [1.54, 1.807) is 12.1 Å². The van der Waals surface area contributed by atoms with Gasteiger partial charge < -0.3 is 15.6 Å². The van der Waals surface area contributed by atoms with E-state index in [2.05, 4.69) is 5.10 Å². The average molecular weight is 464 g/mol. The standard InChI is InChI=1S/C22H23F2N3O4S/c1-14(31-13-19(28)29)21(30)27-22(10-5-11-25,15-6-3-2-4-7-15)32-20(26-27)17-12-16(23)8-9-18(17)24/h2-4,6-9,12,14H,5,10-11,13,25H2,1H3,(H,28,29)/t14-,22-/m0/s1. The Kier molecular flexibility index (Phi) is 7.60. The fourth-order valence-corrected chi connectivity index (χ4v) is 4.78. The minimum absolute atomic E-state index is 0.0718. The average Bonchev–Trinajstić information content (AvgIpc) is 3.18. The molecule has 1 amide bonds. The number of benzene rings is 2. The molecule has 0 radical (unpaired) electrons. The Bertz CT molecular complexity index is 1020. The van der Waals surface area contributed by atoms with Gasteiger partial charge in [-0.05, 0) is 50.1 Å². The smallest absolute Gasteiger partial charge is 0.329 e. The lowest BCUT2D eigenvalue weighted by molar-refractivity contribution is -0.153. The molecular formula is C22H23F2N3O4S. The first-order chi connectivity index (χ1) is 15.3. The number of hydrazone groups is 1. The van der Waals surface area contributed by atoms with Gasteiger partial charge in [0.1, 0.15) is 34.3 Å². The number of hydrogen-bond donors (Lipinski definition) is 2. The van der Waals surface area contributed by atoms with Crippen LogP contribution in [0.15, 0.2) is 53.6 Å². The van der Waals surface area contributed by atoms with Crippen molar-refractivity contribution < 1.29 is 28.2 Å². The second-order valence-electron chi connectivity index (χ2n) is 7.17. The molecular weight excluding hydrogens is 440 g/mol. The molecule has 2 aromatic rings. The van der Waals surface area contributed by atoms with Crippen LogP contribution in [0, 0.1) is 11.6 Å². The van der Waals surface area contributed by atoms with Crippen molar-refractivity contribution in [1.82, 2.24) is 5.01 Å². The number of nitrogens with two attached hydrogens (primary N) is 1. The number of amides is 1. The number of carbonyl (C=O) groups is 2. The summed E-state index contributed by atoms with van der Waals surface area (Å²) in [6.45, 7) is 1.10. The number of carboxylic acids is 1. The van der Waals surface area contributed by atoms with Crippen molar-refractivity contribution in [3.63, 3.8) is 0 Å². The Morgan fingerprint density at radius 2 is 1.97 bits per heavy atom. The zero-order chi connectivity index (χ0) is 23.3. The first kappa shape index (κ1) is 23.8. The second kappa shape index (κ2) is 10.2. The van der Waals surface area contributed by atoms with Gasteiger partial charge in [-0.25, -0.2) is 18.6 Å². The largest absolute Gasteiger partial charge is 0.480 e. The first-order valence-electron chi connectivity index (χ1n) is 9.94. The van der Waals surface area contributed by atoms with E-state index in [-0.39, 0.29) is 10.6 Å². The summed E-state index contributed by atoms with van der Waals surface area (Å²) < 4.78 is 33.6. The maximum Gasteiger partial charge on any atom is 0.329 e. The summed E-state index contributed by atoms with van der Waals surface area (Å²) in [4.78, 5) is 23.1. The van der Waals surface area contributed by atoms with Crippen molar-refractivity contribution in [1.29, 1.82) is 0 Å². The van der Waals surface area contributed by atoms with Crippen LogP contribution < -0.4 is 5.73 Å². The van der Waals surface area contributed by atoms with Crippen molar-refractivity contribution in [3.8, 4) is 0 Å². The number of nitrogens with zero attached hydrogens (tertiary/aromatic N) is 2. The highest BCUT2D eigenvalue weighted by Gasteiger charge is 2.49. The summed E-state index contributed by atoms with van der Waals surface area (Å²) in [5, 5.41) is 14.6. The highest BCUT2D eigenvalue weighted by atomic mass is 32.2. The van der Waals surface area contributed by atoms with Crippen LogP contribution >= 0.6 is 11.8 Å². The molecule has 2 atom stereocenters. The number of ether oxygens (including phenoxy) is 1. The second-order valence-corrected chi connectivity index (χ2v) is 8.44. The van der Waals surface area contributed by atoms with Gasteiger partial charge in [0, 0.05) is 5.56 Å². The van der Waals surface area contributed by atoms with Gasteiger partial charge in [-0.2, -0.15) is 5.10 Å². The molecule has 1 aliphatic heterocycles. The molecule has 0 aromatic heterocycles. The van der Waals surface area contributed by atoms with Gasteiger partial charge in [-0.15, -0.1) is 0 Å². The van der Waals surface area contributed by atoms with Gasteiger partial charge in [0.05, 0.1) is 0 Å². The Balaban J connectivity index is 2.09. The van der Waals surface area contributed by atoms with E-state index in [1.165, 1.54) is 11.9 Å². The third kappa shape index (κ3) is 4.98. The molecule has 0 aliphatic carbocycles. The molecule has 0 saturated heterocycles. The van der Waals surface area contributed by atoms with Gasteiger partial charge in [0.15, 0.2) is 0 Å². The summed E-state index contributed by atoms with van der Waals surface area (Å²) in [6, 6.07) is 12.1. The molecule has 2 aromatic carbocycles. The third-order valence-corrected chi connectivity index (χ3v) is 6.36. The van der Waals surface area contributed by atoms with Gasteiger partial charge >= 0.3 is 5.97 Å². The molecule has 0 spiro atoms.